The highest BCUT2D eigenvalue weighted by Crippen LogP contribution is 2.10. The van der Waals surface area contributed by atoms with E-state index in [9.17, 15) is 8.42 Å². The van der Waals surface area contributed by atoms with Gasteiger partial charge in [0.25, 0.3) is 10.2 Å². The van der Waals surface area contributed by atoms with Crippen molar-refractivity contribution in [3.8, 4) is 0 Å². The largest absolute Gasteiger partial charge is 0.341 e. The van der Waals surface area contributed by atoms with Crippen LogP contribution < -0.4 is 4.72 Å². The maximum Gasteiger partial charge on any atom is 0.279 e. The molecule has 0 fully saturated rings. The summed E-state index contributed by atoms with van der Waals surface area (Å²) in [6.45, 7) is 3.79. The Morgan fingerprint density at radius 1 is 1.37 bits per heavy atom. The van der Waals surface area contributed by atoms with E-state index < -0.39 is 10.2 Å². The fraction of sp³-hybridized carbons (Fsp3) is 0.417. The Balaban J connectivity index is 2.10. The number of rotatable bonds is 5. The number of nitrogens with zero attached hydrogens (tertiary/aromatic N) is 2. The highest BCUT2D eigenvalue weighted by atomic mass is 32.2. The van der Waals surface area contributed by atoms with E-state index in [4.69, 9.17) is 0 Å². The quantitative estimate of drug-likeness (QED) is 0.866. The molecule has 104 valence electrons. The first-order valence-corrected chi connectivity index (χ1v) is 7.50. The molecule has 0 bridgehead atoms. The monoisotopic (exact) mass is 282 g/mol. The topological polar surface area (TPSA) is 78.1 Å². The number of hydrogen-bond acceptors (Lipinski definition) is 3. The van der Waals surface area contributed by atoms with E-state index >= 15 is 0 Å². The Morgan fingerprint density at radius 2 is 2.05 bits per heavy atom. The molecular weight excluding hydrogens is 264 g/mol. The molecule has 19 heavy (non-hydrogen) atoms. The summed E-state index contributed by atoms with van der Waals surface area (Å²) in [4.78, 5) is 7.40. The second kappa shape index (κ2) is 5.28. The normalized spacial score (nSPS) is 12.7. The molecule has 0 aliphatic carbocycles. The number of hydrogen-bond donors (Lipinski definition) is 2. The highest BCUT2D eigenvalue weighted by molar-refractivity contribution is 7.87. The summed E-state index contributed by atoms with van der Waals surface area (Å²) in [5.41, 5.74) is 1.72. The molecule has 0 spiro atoms. The van der Waals surface area contributed by atoms with Crippen LogP contribution in [0.15, 0.2) is 24.3 Å². The fourth-order valence-corrected chi connectivity index (χ4v) is 2.71. The van der Waals surface area contributed by atoms with Crippen LogP contribution in [0.3, 0.4) is 0 Å². The van der Waals surface area contributed by atoms with Crippen LogP contribution in [0.1, 0.15) is 19.7 Å². The highest BCUT2D eigenvalue weighted by Gasteiger charge is 2.20. The van der Waals surface area contributed by atoms with Crippen molar-refractivity contribution in [2.24, 2.45) is 0 Å². The second-order valence-electron chi connectivity index (χ2n) is 4.64. The van der Waals surface area contributed by atoms with E-state index in [1.165, 1.54) is 4.31 Å². The Hall–Kier alpha value is -1.44. The summed E-state index contributed by atoms with van der Waals surface area (Å²) in [5.74, 6) is 0.599. The summed E-state index contributed by atoms with van der Waals surface area (Å²) in [7, 11) is -1.92. The lowest BCUT2D eigenvalue weighted by molar-refractivity contribution is 0.402. The van der Waals surface area contributed by atoms with E-state index in [0.29, 0.717) is 5.82 Å². The van der Waals surface area contributed by atoms with Crippen LogP contribution in [0.5, 0.6) is 0 Å². The molecule has 0 saturated carbocycles. The number of fused-ring (bicyclic) bond motifs is 1. The van der Waals surface area contributed by atoms with Gasteiger partial charge < -0.3 is 4.98 Å². The molecule has 0 saturated heterocycles. The summed E-state index contributed by atoms with van der Waals surface area (Å²) < 4.78 is 27.7. The molecule has 1 heterocycles. The Kier molecular flexibility index (Phi) is 3.88. The van der Waals surface area contributed by atoms with Crippen molar-refractivity contribution in [2.75, 3.05) is 7.05 Å². The Labute approximate surface area is 113 Å². The maximum atomic E-state index is 11.9. The maximum absolute atomic E-state index is 11.9. The predicted octanol–water partition coefficient (Wildman–Crippen LogP) is 1.24. The molecule has 2 aromatic rings. The van der Waals surface area contributed by atoms with Gasteiger partial charge in [-0.3, -0.25) is 0 Å². The van der Waals surface area contributed by atoms with Crippen molar-refractivity contribution in [3.63, 3.8) is 0 Å². The van der Waals surface area contributed by atoms with Crippen molar-refractivity contribution < 1.29 is 8.42 Å². The van der Waals surface area contributed by atoms with Gasteiger partial charge in [0.15, 0.2) is 0 Å². The zero-order chi connectivity index (χ0) is 14.0. The first-order chi connectivity index (χ1) is 8.90. The molecule has 0 aliphatic heterocycles. The number of imidazole rings is 1. The number of H-pyrrole nitrogens is 1. The number of nitrogens with one attached hydrogen (secondary N) is 2. The number of para-hydroxylation sites is 2. The summed E-state index contributed by atoms with van der Waals surface area (Å²) >= 11 is 0. The summed E-state index contributed by atoms with van der Waals surface area (Å²) in [6.07, 6.45) is 0. The lowest BCUT2D eigenvalue weighted by atomic mass is 10.3. The smallest absolute Gasteiger partial charge is 0.279 e. The Morgan fingerprint density at radius 3 is 2.68 bits per heavy atom. The van der Waals surface area contributed by atoms with Crippen LogP contribution in [0, 0.1) is 0 Å². The average Bonchev–Trinajstić information content (AvgIpc) is 2.78. The molecular formula is C12H18N4O2S. The minimum Gasteiger partial charge on any atom is -0.341 e. The molecule has 0 aliphatic rings. The lowest BCUT2D eigenvalue weighted by Crippen LogP contribution is -2.41. The van der Waals surface area contributed by atoms with Crippen LogP contribution in [-0.2, 0) is 16.8 Å². The number of aromatic nitrogens is 2. The van der Waals surface area contributed by atoms with Crippen LogP contribution in [0.4, 0.5) is 0 Å². The average molecular weight is 282 g/mol. The first-order valence-electron chi connectivity index (χ1n) is 6.06. The van der Waals surface area contributed by atoms with E-state index in [2.05, 4.69) is 14.7 Å². The van der Waals surface area contributed by atoms with Crippen molar-refractivity contribution >= 4 is 21.2 Å². The SMILES string of the molecule is CC(C)N(C)S(=O)(=O)NCc1nc2ccccc2[nH]1. The third kappa shape index (κ3) is 3.12. The van der Waals surface area contributed by atoms with E-state index in [1.54, 1.807) is 7.05 Å². The molecule has 1 aromatic heterocycles. The van der Waals surface area contributed by atoms with Gasteiger partial charge in [-0.2, -0.15) is 17.4 Å². The van der Waals surface area contributed by atoms with Crippen molar-refractivity contribution in [1.29, 1.82) is 0 Å². The molecule has 2 rings (SSSR count). The lowest BCUT2D eigenvalue weighted by Gasteiger charge is -2.20. The predicted molar refractivity (Wildman–Crippen MR) is 74.8 cm³/mol. The molecule has 0 atom stereocenters. The van der Waals surface area contributed by atoms with Crippen LogP contribution in [-0.4, -0.2) is 35.8 Å². The second-order valence-corrected chi connectivity index (χ2v) is 6.45. The van der Waals surface area contributed by atoms with Gasteiger partial charge in [0.05, 0.1) is 17.6 Å². The minimum absolute atomic E-state index is 0.0897. The van der Waals surface area contributed by atoms with Gasteiger partial charge in [0.2, 0.25) is 0 Å². The minimum atomic E-state index is -3.47. The van der Waals surface area contributed by atoms with Gasteiger partial charge in [-0.25, -0.2) is 4.98 Å². The van der Waals surface area contributed by atoms with Crippen LogP contribution in [0.2, 0.25) is 0 Å². The van der Waals surface area contributed by atoms with Crippen LogP contribution >= 0.6 is 0 Å². The molecule has 0 amide bonds. The number of aromatic amines is 1. The molecule has 0 radical (unpaired) electrons. The van der Waals surface area contributed by atoms with Crippen molar-refractivity contribution in [3.05, 3.63) is 30.1 Å². The van der Waals surface area contributed by atoms with Gasteiger partial charge in [0.1, 0.15) is 5.82 Å². The third-order valence-electron chi connectivity index (χ3n) is 2.97. The van der Waals surface area contributed by atoms with Gasteiger partial charge in [-0.05, 0) is 26.0 Å². The van der Waals surface area contributed by atoms with Crippen molar-refractivity contribution in [2.45, 2.75) is 26.4 Å². The molecule has 2 N–H and O–H groups in total. The van der Waals surface area contributed by atoms with Gasteiger partial charge in [-0.15, -0.1) is 0 Å². The third-order valence-corrected chi connectivity index (χ3v) is 4.66. The zero-order valence-corrected chi connectivity index (χ0v) is 12.0. The van der Waals surface area contributed by atoms with E-state index in [0.717, 1.165) is 11.0 Å². The fourth-order valence-electron chi connectivity index (χ4n) is 1.63. The standard InChI is InChI=1S/C12H18N4O2S/c1-9(2)16(3)19(17,18)13-8-12-14-10-6-4-5-7-11(10)15-12/h4-7,9,13H,8H2,1-3H3,(H,14,15). The summed E-state index contributed by atoms with van der Waals surface area (Å²) in [6, 6.07) is 7.49. The molecule has 6 nitrogen and oxygen atoms in total. The zero-order valence-electron chi connectivity index (χ0n) is 11.2. The Bertz CT molecular complexity index is 630. The molecule has 1 aromatic carbocycles. The first kappa shape index (κ1) is 14.0. The molecule has 7 heteroatoms. The molecule has 0 unspecified atom stereocenters. The van der Waals surface area contributed by atoms with Gasteiger partial charge >= 0.3 is 0 Å². The van der Waals surface area contributed by atoms with Crippen LogP contribution in [0.25, 0.3) is 11.0 Å². The van der Waals surface area contributed by atoms with E-state index in [1.807, 2.05) is 38.1 Å². The van der Waals surface area contributed by atoms with Gasteiger partial charge in [0, 0.05) is 13.1 Å². The van der Waals surface area contributed by atoms with Crippen molar-refractivity contribution in [1.82, 2.24) is 19.0 Å². The van der Waals surface area contributed by atoms with E-state index in [-0.39, 0.29) is 12.6 Å². The summed E-state index contributed by atoms with van der Waals surface area (Å²) in [5, 5.41) is 0. The number of benzene rings is 1. The van der Waals surface area contributed by atoms with Gasteiger partial charge in [-0.1, -0.05) is 12.1 Å².